The van der Waals surface area contributed by atoms with Crippen LogP contribution in [0.4, 0.5) is 11.6 Å². The van der Waals surface area contributed by atoms with E-state index in [1.165, 1.54) is 0 Å². The summed E-state index contributed by atoms with van der Waals surface area (Å²) in [6.07, 6.45) is 3.50. The largest absolute Gasteiger partial charge is 0.467 e. The molecule has 0 radical (unpaired) electrons. The highest BCUT2D eigenvalue weighted by Gasteiger charge is 2.25. The summed E-state index contributed by atoms with van der Waals surface area (Å²) in [6.45, 7) is 6.02. The quantitative estimate of drug-likeness (QED) is 0.505. The Hall–Kier alpha value is -3.20. The maximum absolute atomic E-state index is 9.57. The van der Waals surface area contributed by atoms with Crippen LogP contribution in [-0.2, 0) is 14.2 Å². The average molecular weight is 441 g/mol. The van der Waals surface area contributed by atoms with Crippen molar-refractivity contribution < 1.29 is 18.9 Å². The van der Waals surface area contributed by atoms with Crippen LogP contribution in [0.2, 0.25) is 0 Å². The zero-order chi connectivity index (χ0) is 22.7. The summed E-state index contributed by atoms with van der Waals surface area (Å²) in [7, 11) is 3.29. The van der Waals surface area contributed by atoms with Crippen LogP contribution in [-0.4, -0.2) is 71.1 Å². The van der Waals surface area contributed by atoms with E-state index in [1.807, 2.05) is 24.6 Å². The highest BCUT2D eigenvalue weighted by atomic mass is 16.6. The van der Waals surface area contributed by atoms with Crippen LogP contribution in [0.15, 0.2) is 18.5 Å². The number of fused-ring (bicyclic) bond motifs is 1. The molecule has 170 valence electrons. The van der Waals surface area contributed by atoms with Crippen molar-refractivity contribution in [1.82, 2.24) is 24.3 Å². The second kappa shape index (κ2) is 9.52. The van der Waals surface area contributed by atoms with Gasteiger partial charge in [-0.15, -0.1) is 5.10 Å². The minimum absolute atomic E-state index is 0.0178. The Morgan fingerprint density at radius 3 is 2.66 bits per heavy atom. The summed E-state index contributed by atoms with van der Waals surface area (Å²) in [5.74, 6) is 0.824. The molecule has 0 aromatic carbocycles. The molecule has 4 heterocycles. The first-order valence-corrected chi connectivity index (χ1v) is 10.4. The maximum atomic E-state index is 9.57. The standard InChI is InChI=1S/C21H27N7O4/c1-13(9-29-3)27-8-18(20(26-27)32-17-11-31-12-17)24-21-23-7-15-5-16(6-22)28(19(15)25-21)14(2)10-30-4/h5,7-8,13-14,17H,9-12H2,1-4H3,(H,23,24,25)/t13-,14-/m0/s1. The molecule has 3 aromatic rings. The topological polar surface area (TPSA) is 121 Å². The van der Waals surface area contributed by atoms with Gasteiger partial charge in [0, 0.05) is 25.8 Å². The number of rotatable bonds is 10. The number of hydrogen-bond donors (Lipinski definition) is 1. The van der Waals surface area contributed by atoms with Crippen LogP contribution in [0.5, 0.6) is 5.88 Å². The first-order chi connectivity index (χ1) is 15.5. The third-order valence-corrected chi connectivity index (χ3v) is 5.23. The predicted molar refractivity (Wildman–Crippen MR) is 116 cm³/mol. The lowest BCUT2D eigenvalue weighted by Gasteiger charge is -2.26. The van der Waals surface area contributed by atoms with Crippen LogP contribution in [0.3, 0.4) is 0 Å². The molecule has 1 aliphatic rings. The molecule has 1 saturated heterocycles. The van der Waals surface area contributed by atoms with Gasteiger partial charge >= 0.3 is 0 Å². The van der Waals surface area contributed by atoms with E-state index < -0.39 is 0 Å². The number of nitrogens with one attached hydrogen (secondary N) is 1. The van der Waals surface area contributed by atoms with E-state index in [-0.39, 0.29) is 18.2 Å². The van der Waals surface area contributed by atoms with Crippen molar-refractivity contribution in [2.24, 2.45) is 0 Å². The maximum Gasteiger partial charge on any atom is 0.257 e. The van der Waals surface area contributed by atoms with Gasteiger partial charge in [0.2, 0.25) is 5.95 Å². The van der Waals surface area contributed by atoms with Crippen molar-refractivity contribution in [2.75, 3.05) is 46.0 Å². The Morgan fingerprint density at radius 2 is 2.00 bits per heavy atom. The lowest BCUT2D eigenvalue weighted by Crippen LogP contribution is -2.38. The summed E-state index contributed by atoms with van der Waals surface area (Å²) in [4.78, 5) is 9.10. The predicted octanol–water partition coefficient (Wildman–Crippen LogP) is 2.44. The summed E-state index contributed by atoms with van der Waals surface area (Å²) in [5, 5.41) is 18.1. The molecule has 1 N–H and O–H groups in total. The van der Waals surface area contributed by atoms with E-state index >= 15 is 0 Å². The van der Waals surface area contributed by atoms with Gasteiger partial charge in [0.15, 0.2) is 0 Å². The molecular weight excluding hydrogens is 414 g/mol. The smallest absolute Gasteiger partial charge is 0.257 e. The van der Waals surface area contributed by atoms with Gasteiger partial charge in [-0.05, 0) is 19.9 Å². The molecule has 32 heavy (non-hydrogen) atoms. The SMILES string of the molecule is COC[C@H](C)n1cc(Nc2ncc3cc(C#N)n([C@@H](C)COC)c3n2)c(OC2COC2)n1. The molecule has 0 aliphatic carbocycles. The lowest BCUT2D eigenvalue weighted by molar-refractivity contribution is -0.0813. The Kier molecular flexibility index (Phi) is 6.55. The minimum Gasteiger partial charge on any atom is -0.467 e. The number of aromatic nitrogens is 5. The number of hydrogen-bond acceptors (Lipinski definition) is 9. The summed E-state index contributed by atoms with van der Waals surface area (Å²) >= 11 is 0. The van der Waals surface area contributed by atoms with Gasteiger partial charge in [-0.3, -0.25) is 4.68 Å². The van der Waals surface area contributed by atoms with Crippen molar-refractivity contribution in [3.63, 3.8) is 0 Å². The molecule has 1 aliphatic heterocycles. The van der Waals surface area contributed by atoms with Crippen molar-refractivity contribution in [3.05, 3.63) is 24.2 Å². The van der Waals surface area contributed by atoms with E-state index in [0.717, 1.165) is 5.39 Å². The van der Waals surface area contributed by atoms with E-state index in [9.17, 15) is 5.26 Å². The summed E-state index contributed by atoms with van der Waals surface area (Å²) in [6, 6.07) is 3.96. The summed E-state index contributed by atoms with van der Waals surface area (Å²) in [5.41, 5.74) is 1.80. The van der Waals surface area contributed by atoms with Crippen molar-refractivity contribution >= 4 is 22.7 Å². The van der Waals surface area contributed by atoms with Gasteiger partial charge < -0.3 is 28.8 Å². The number of ether oxygens (including phenoxy) is 4. The van der Waals surface area contributed by atoms with Gasteiger partial charge in [0.25, 0.3) is 5.88 Å². The van der Waals surface area contributed by atoms with E-state index in [4.69, 9.17) is 18.9 Å². The first-order valence-electron chi connectivity index (χ1n) is 10.4. The van der Waals surface area contributed by atoms with Crippen molar-refractivity contribution in [3.8, 4) is 11.9 Å². The van der Waals surface area contributed by atoms with Crippen molar-refractivity contribution in [2.45, 2.75) is 32.0 Å². The molecule has 0 amide bonds. The Labute approximate surface area is 185 Å². The molecule has 3 aromatic heterocycles. The lowest BCUT2D eigenvalue weighted by atomic mass is 10.3. The Balaban J connectivity index is 1.67. The Bertz CT molecular complexity index is 1120. The fourth-order valence-corrected chi connectivity index (χ4v) is 3.57. The molecule has 0 bridgehead atoms. The average Bonchev–Trinajstić information content (AvgIpc) is 3.32. The van der Waals surface area contributed by atoms with Crippen LogP contribution in [0, 0.1) is 11.3 Å². The van der Waals surface area contributed by atoms with Crippen LogP contribution in [0.25, 0.3) is 11.0 Å². The zero-order valence-corrected chi connectivity index (χ0v) is 18.6. The number of nitriles is 1. The molecule has 0 unspecified atom stereocenters. The molecular formula is C21H27N7O4. The number of nitrogens with zero attached hydrogens (tertiary/aromatic N) is 6. The third kappa shape index (κ3) is 4.38. The fraction of sp³-hybridized carbons (Fsp3) is 0.524. The number of methoxy groups -OCH3 is 2. The molecule has 0 saturated carbocycles. The minimum atomic E-state index is -0.0648. The van der Waals surface area contributed by atoms with Gasteiger partial charge in [-0.2, -0.15) is 10.2 Å². The second-order valence-electron chi connectivity index (χ2n) is 7.82. The van der Waals surface area contributed by atoms with E-state index in [1.54, 1.807) is 31.2 Å². The Morgan fingerprint density at radius 1 is 1.25 bits per heavy atom. The van der Waals surface area contributed by atoms with Crippen LogP contribution < -0.4 is 10.1 Å². The molecule has 2 atom stereocenters. The second-order valence-corrected chi connectivity index (χ2v) is 7.82. The molecule has 0 spiro atoms. The first kappa shape index (κ1) is 22.0. The highest BCUT2D eigenvalue weighted by molar-refractivity contribution is 5.79. The number of anilines is 2. The molecule has 1 fully saturated rings. The monoisotopic (exact) mass is 441 g/mol. The fourth-order valence-electron chi connectivity index (χ4n) is 3.57. The molecule has 11 heteroatoms. The normalized spacial score (nSPS) is 15.8. The molecule has 11 nitrogen and oxygen atoms in total. The van der Waals surface area contributed by atoms with Gasteiger partial charge in [-0.1, -0.05) is 0 Å². The third-order valence-electron chi connectivity index (χ3n) is 5.23. The van der Waals surface area contributed by atoms with Crippen molar-refractivity contribution in [1.29, 1.82) is 5.26 Å². The zero-order valence-electron chi connectivity index (χ0n) is 18.6. The summed E-state index contributed by atoms with van der Waals surface area (Å²) < 4.78 is 25.4. The van der Waals surface area contributed by atoms with E-state index in [0.29, 0.717) is 55.3 Å². The van der Waals surface area contributed by atoms with E-state index in [2.05, 4.69) is 26.5 Å². The van der Waals surface area contributed by atoms with Crippen LogP contribution in [0.1, 0.15) is 31.6 Å². The molecule has 4 rings (SSSR count). The van der Waals surface area contributed by atoms with Gasteiger partial charge in [0.1, 0.15) is 29.2 Å². The van der Waals surface area contributed by atoms with Gasteiger partial charge in [0.05, 0.1) is 44.7 Å². The van der Waals surface area contributed by atoms with Crippen LogP contribution >= 0.6 is 0 Å². The van der Waals surface area contributed by atoms with Gasteiger partial charge in [-0.25, -0.2) is 4.98 Å². The highest BCUT2D eigenvalue weighted by Crippen LogP contribution is 2.30.